The molecule has 326 valence electrons. The molecule has 3 unspecified atom stereocenters. The smallest absolute Gasteiger partial charge is 0.335 e. The maximum absolute atomic E-state index is 14.7. The SMILES string of the molecule is O=C(O)c1cc(O)c2c(c1)C(C1c3cc(C(=O)O)cc(O)c3C(=O)c3c(O[C@H]4O[C@H](CO)[C@@H](O)[C@H](O)[C@H]4O)cccc31)c1cccc(OC3O[C@H](CO)[C@@H](O)[C@H](O)[C@H]3O)c1C2=O. The minimum absolute atomic E-state index is 0.00301. The highest BCUT2D eigenvalue weighted by atomic mass is 16.7. The van der Waals surface area contributed by atoms with E-state index in [1.807, 2.05) is 0 Å². The summed E-state index contributed by atoms with van der Waals surface area (Å²) in [6.45, 7) is -1.64. The van der Waals surface area contributed by atoms with Gasteiger partial charge in [-0.1, -0.05) is 24.3 Å². The van der Waals surface area contributed by atoms with Crippen molar-refractivity contribution in [1.29, 1.82) is 0 Å². The Morgan fingerprint density at radius 2 is 0.887 bits per heavy atom. The highest BCUT2D eigenvalue weighted by Gasteiger charge is 2.50. The number of phenols is 2. The molecule has 4 aromatic rings. The minimum atomic E-state index is -1.94. The molecule has 2 fully saturated rings. The second-order valence-electron chi connectivity index (χ2n) is 15.2. The van der Waals surface area contributed by atoms with Gasteiger partial charge in [-0.25, -0.2) is 9.59 Å². The second-order valence-corrected chi connectivity index (χ2v) is 15.2. The normalized spacial score (nSPS) is 30.1. The molecule has 0 radical (unpaired) electrons. The number of rotatable bonds is 9. The number of hydrogen-bond donors (Lipinski definition) is 12. The van der Waals surface area contributed by atoms with Crippen LogP contribution < -0.4 is 9.47 Å². The molecule has 0 aromatic heterocycles. The molecule has 20 heteroatoms. The third kappa shape index (κ3) is 6.73. The highest BCUT2D eigenvalue weighted by molar-refractivity contribution is 6.18. The highest BCUT2D eigenvalue weighted by Crippen LogP contribution is 2.56. The van der Waals surface area contributed by atoms with Gasteiger partial charge in [0, 0.05) is 11.8 Å². The first kappa shape index (κ1) is 42.6. The van der Waals surface area contributed by atoms with Crippen molar-refractivity contribution >= 4 is 23.5 Å². The molecule has 4 aromatic carbocycles. The first-order valence-corrected chi connectivity index (χ1v) is 19.0. The van der Waals surface area contributed by atoms with Gasteiger partial charge < -0.3 is 80.2 Å². The minimum Gasteiger partial charge on any atom is -0.507 e. The van der Waals surface area contributed by atoms with Crippen molar-refractivity contribution in [3.8, 4) is 23.0 Å². The zero-order valence-electron chi connectivity index (χ0n) is 31.7. The standard InChI is InChI=1S/C42H38O20/c43-11-23-31(47)35(51)37(53)41(61-23)59-21-5-1-3-15-25(17-7-13(39(55)56)9-19(45)27(17)33(49)29(15)21)26-16-4-2-6-22(60-42-38(54)36(52)32(48)24(12-44)62-42)30(16)34(50)28-18(26)8-14(40(57)58)10-20(28)46/h1-10,23-26,31-32,35-38,41-48,51-54H,11-12H2,(H,55,56)(H,57,58)/t23-,24-,25?,26?,31-,32-,35+,36+,37-,38-,41+,42?/m1/s1. The number of aliphatic hydroxyl groups excluding tert-OH is 8. The van der Waals surface area contributed by atoms with E-state index < -0.39 is 144 Å². The van der Waals surface area contributed by atoms with Gasteiger partial charge in [-0.2, -0.15) is 0 Å². The maximum atomic E-state index is 14.7. The molecule has 20 nitrogen and oxygen atoms in total. The van der Waals surface area contributed by atoms with Crippen LogP contribution in [0.15, 0.2) is 60.7 Å². The summed E-state index contributed by atoms with van der Waals surface area (Å²) in [4.78, 5) is 54.2. The fourth-order valence-electron chi connectivity index (χ4n) is 8.71. The molecule has 0 spiro atoms. The summed E-state index contributed by atoms with van der Waals surface area (Å²) < 4.78 is 23.0. The molecule has 8 rings (SSSR count). The molecule has 62 heavy (non-hydrogen) atoms. The van der Waals surface area contributed by atoms with Crippen molar-refractivity contribution in [2.24, 2.45) is 0 Å². The Balaban J connectivity index is 1.38. The van der Waals surface area contributed by atoms with Crippen LogP contribution in [0.2, 0.25) is 0 Å². The molecule has 4 aliphatic rings. The average Bonchev–Trinajstić information content (AvgIpc) is 3.24. The van der Waals surface area contributed by atoms with Crippen molar-refractivity contribution in [3.63, 3.8) is 0 Å². The molecule has 12 atom stereocenters. The van der Waals surface area contributed by atoms with Crippen LogP contribution in [-0.2, 0) is 9.47 Å². The first-order valence-electron chi connectivity index (χ1n) is 19.0. The lowest BCUT2D eigenvalue weighted by Crippen LogP contribution is -2.60. The van der Waals surface area contributed by atoms with E-state index in [0.29, 0.717) is 0 Å². The lowest BCUT2D eigenvalue weighted by molar-refractivity contribution is -0.277. The number of phenolic OH excluding ortho intramolecular Hbond substituents is 2. The fourth-order valence-corrected chi connectivity index (χ4v) is 8.71. The van der Waals surface area contributed by atoms with Gasteiger partial charge in [0.15, 0.2) is 0 Å². The van der Waals surface area contributed by atoms with Crippen LogP contribution in [0, 0.1) is 0 Å². The number of benzene rings is 4. The van der Waals surface area contributed by atoms with E-state index >= 15 is 0 Å². The lowest BCUT2D eigenvalue weighted by atomic mass is 9.63. The molecule has 2 heterocycles. The van der Waals surface area contributed by atoms with Gasteiger partial charge in [0.25, 0.3) is 0 Å². The van der Waals surface area contributed by atoms with Crippen molar-refractivity contribution in [1.82, 2.24) is 0 Å². The summed E-state index contributed by atoms with van der Waals surface area (Å²) in [5, 5.41) is 126. The average molecular weight is 863 g/mol. The Morgan fingerprint density at radius 1 is 0.516 bits per heavy atom. The lowest BCUT2D eigenvalue weighted by Gasteiger charge is -2.41. The number of hydrogen-bond acceptors (Lipinski definition) is 18. The van der Waals surface area contributed by atoms with E-state index in [2.05, 4.69) is 0 Å². The molecule has 2 aliphatic heterocycles. The summed E-state index contributed by atoms with van der Waals surface area (Å²) in [5.41, 5.74) is -2.87. The summed E-state index contributed by atoms with van der Waals surface area (Å²) in [5.74, 6) is -10.1. The Morgan fingerprint density at radius 3 is 1.23 bits per heavy atom. The van der Waals surface area contributed by atoms with Gasteiger partial charge in [-0.05, 0) is 58.7 Å². The molecule has 2 aliphatic carbocycles. The summed E-state index contributed by atoms with van der Waals surface area (Å²) in [7, 11) is 0. The number of carboxylic acid groups (broad SMARTS) is 2. The van der Waals surface area contributed by atoms with E-state index in [0.717, 1.165) is 24.3 Å². The molecule has 0 bridgehead atoms. The zero-order valence-corrected chi connectivity index (χ0v) is 31.7. The molecule has 2 saturated heterocycles. The molecular formula is C42H38O20. The van der Waals surface area contributed by atoms with E-state index in [4.69, 9.17) is 18.9 Å². The number of ketones is 2. The first-order chi connectivity index (χ1) is 29.5. The van der Waals surface area contributed by atoms with Crippen molar-refractivity contribution in [2.75, 3.05) is 13.2 Å². The summed E-state index contributed by atoms with van der Waals surface area (Å²) in [6, 6.07) is 11.9. The Hall–Kier alpha value is -6.04. The predicted molar refractivity (Wildman–Crippen MR) is 202 cm³/mol. The Bertz CT molecular complexity index is 2330. The predicted octanol–water partition coefficient (Wildman–Crippen LogP) is -1.10. The second kappa shape index (κ2) is 16.0. The number of carbonyl (C=O) groups is 4. The number of fused-ring (bicyclic) bond motifs is 4. The van der Waals surface area contributed by atoms with E-state index in [1.54, 1.807) is 0 Å². The molecule has 0 amide bonds. The third-order valence-electron chi connectivity index (χ3n) is 11.7. The largest absolute Gasteiger partial charge is 0.507 e. The zero-order chi connectivity index (χ0) is 44.6. The van der Waals surface area contributed by atoms with Gasteiger partial charge in [0.05, 0.1) is 46.6 Å². The number of aromatic carboxylic acids is 2. The van der Waals surface area contributed by atoms with Gasteiger partial charge in [-0.15, -0.1) is 0 Å². The van der Waals surface area contributed by atoms with Crippen LogP contribution in [-0.4, -0.2) is 159 Å². The maximum Gasteiger partial charge on any atom is 0.335 e. The van der Waals surface area contributed by atoms with Crippen LogP contribution in [0.5, 0.6) is 23.0 Å². The van der Waals surface area contributed by atoms with Crippen molar-refractivity contribution < 1.29 is 99.4 Å². The van der Waals surface area contributed by atoms with E-state index in [-0.39, 0.29) is 44.9 Å². The number of ether oxygens (including phenoxy) is 4. The topological polar surface area (TPSA) is 348 Å². The van der Waals surface area contributed by atoms with Gasteiger partial charge in [0.1, 0.15) is 71.8 Å². The number of carbonyl (C=O) groups excluding carboxylic acids is 2. The summed E-state index contributed by atoms with van der Waals surface area (Å²) >= 11 is 0. The third-order valence-corrected chi connectivity index (χ3v) is 11.7. The van der Waals surface area contributed by atoms with Crippen LogP contribution in [0.4, 0.5) is 0 Å². The quantitative estimate of drug-likeness (QED) is 0.0950. The van der Waals surface area contributed by atoms with Crippen LogP contribution in [0.3, 0.4) is 0 Å². The Labute approximate surface area is 348 Å². The number of aromatic hydroxyl groups is 2. The molecular weight excluding hydrogens is 824 g/mol. The van der Waals surface area contributed by atoms with E-state index in [9.17, 15) is 80.5 Å². The van der Waals surface area contributed by atoms with Crippen LogP contribution in [0.25, 0.3) is 0 Å². The number of aliphatic hydroxyl groups is 8. The van der Waals surface area contributed by atoms with Crippen LogP contribution in [0.1, 0.15) is 86.6 Å². The van der Waals surface area contributed by atoms with Crippen molar-refractivity contribution in [2.45, 2.75) is 73.2 Å². The van der Waals surface area contributed by atoms with Gasteiger partial charge >= 0.3 is 11.9 Å². The monoisotopic (exact) mass is 862 g/mol. The number of carboxylic acids is 2. The van der Waals surface area contributed by atoms with E-state index in [1.165, 1.54) is 36.4 Å². The molecule has 0 saturated carbocycles. The van der Waals surface area contributed by atoms with Crippen LogP contribution >= 0.6 is 0 Å². The van der Waals surface area contributed by atoms with Crippen molar-refractivity contribution in [3.05, 3.63) is 116 Å². The molecule has 12 N–H and O–H groups in total. The Kier molecular flexibility index (Phi) is 11.0. The van der Waals surface area contributed by atoms with Gasteiger partial charge in [0.2, 0.25) is 24.1 Å². The van der Waals surface area contributed by atoms with Gasteiger partial charge in [-0.3, -0.25) is 9.59 Å². The fraction of sp³-hybridized carbons (Fsp3) is 0.333. The summed E-state index contributed by atoms with van der Waals surface area (Å²) in [6.07, 6.45) is -17.7.